The molecule has 22 heavy (non-hydrogen) atoms. The van der Waals surface area contributed by atoms with E-state index in [1.165, 1.54) is 5.56 Å². The number of nitrogens with zero attached hydrogens (tertiary/aromatic N) is 1. The zero-order chi connectivity index (χ0) is 15.9. The van der Waals surface area contributed by atoms with E-state index in [0.717, 1.165) is 12.6 Å². The van der Waals surface area contributed by atoms with Crippen LogP contribution in [0.3, 0.4) is 0 Å². The van der Waals surface area contributed by atoms with Gasteiger partial charge < -0.3 is 16.2 Å². The van der Waals surface area contributed by atoms with Crippen molar-refractivity contribution in [2.45, 2.75) is 6.42 Å². The fourth-order valence-electron chi connectivity index (χ4n) is 1.88. The summed E-state index contributed by atoms with van der Waals surface area (Å²) in [6.07, 6.45) is 1.96. The summed E-state index contributed by atoms with van der Waals surface area (Å²) in [4.78, 5) is 15.9. The predicted octanol–water partition coefficient (Wildman–Crippen LogP) is 2.23. The number of aryl methyl sites for hydroxylation is 1. The van der Waals surface area contributed by atoms with Gasteiger partial charge in [-0.3, -0.25) is 0 Å². The minimum absolute atomic E-state index is 0.0182. The third-order valence-corrected chi connectivity index (χ3v) is 3.22. The van der Waals surface area contributed by atoms with Crippen molar-refractivity contribution in [3.8, 4) is 5.75 Å². The molecule has 0 aromatic heterocycles. The van der Waals surface area contributed by atoms with E-state index >= 15 is 0 Å². The lowest BCUT2D eigenvalue weighted by Crippen LogP contribution is -2.21. The van der Waals surface area contributed by atoms with Gasteiger partial charge in [0.1, 0.15) is 5.75 Å². The Bertz CT molecular complexity index is 663. The molecule has 0 bridgehead atoms. The average molecular weight is 315 g/mol. The Kier molecular flexibility index (Phi) is 5.50. The quantitative estimate of drug-likeness (QED) is 0.291. The van der Waals surface area contributed by atoms with E-state index < -0.39 is 5.97 Å². The molecule has 0 radical (unpaired) electrons. The van der Waals surface area contributed by atoms with Gasteiger partial charge in [0, 0.05) is 0 Å². The van der Waals surface area contributed by atoms with Crippen molar-refractivity contribution in [3.63, 3.8) is 0 Å². The fraction of sp³-hybridized carbons (Fsp3) is 0.125. The molecule has 1 unspecified atom stereocenters. The first kappa shape index (κ1) is 16.0. The lowest BCUT2D eigenvalue weighted by atomic mass is 10.1. The SMILES string of the molecule is NC(N)=Nc1ccc(OC(=O)c2ccc(CCP)cc2)cc1. The smallest absolute Gasteiger partial charge is 0.343 e. The summed E-state index contributed by atoms with van der Waals surface area (Å²) in [5, 5.41) is 0. The lowest BCUT2D eigenvalue weighted by Gasteiger charge is -2.05. The molecule has 5 nitrogen and oxygen atoms in total. The number of ether oxygens (including phenoxy) is 1. The Balaban J connectivity index is 2.03. The van der Waals surface area contributed by atoms with Gasteiger partial charge in [-0.1, -0.05) is 12.1 Å². The van der Waals surface area contributed by atoms with E-state index in [1.807, 2.05) is 12.1 Å². The number of carbonyl (C=O) groups is 1. The fourth-order valence-corrected chi connectivity index (χ4v) is 2.21. The number of benzene rings is 2. The maximum absolute atomic E-state index is 12.1. The van der Waals surface area contributed by atoms with Crippen molar-refractivity contribution >= 4 is 26.9 Å². The van der Waals surface area contributed by atoms with Gasteiger partial charge in [-0.05, 0) is 54.5 Å². The molecule has 1 atom stereocenters. The normalized spacial score (nSPS) is 10.0. The average Bonchev–Trinajstić information content (AvgIpc) is 2.50. The molecule has 2 aromatic rings. The molecule has 0 heterocycles. The highest BCUT2D eigenvalue weighted by Gasteiger charge is 2.08. The van der Waals surface area contributed by atoms with Gasteiger partial charge in [-0.15, -0.1) is 9.24 Å². The van der Waals surface area contributed by atoms with Gasteiger partial charge >= 0.3 is 5.97 Å². The predicted molar refractivity (Wildman–Crippen MR) is 91.6 cm³/mol. The summed E-state index contributed by atoms with van der Waals surface area (Å²) < 4.78 is 5.31. The molecule has 0 amide bonds. The number of rotatable bonds is 5. The van der Waals surface area contributed by atoms with Crippen LogP contribution in [-0.2, 0) is 6.42 Å². The Hall–Kier alpha value is -2.39. The highest BCUT2D eigenvalue weighted by Crippen LogP contribution is 2.19. The van der Waals surface area contributed by atoms with E-state index in [-0.39, 0.29) is 5.96 Å². The number of guanidine groups is 1. The second kappa shape index (κ2) is 7.57. The van der Waals surface area contributed by atoms with Gasteiger partial charge in [0.15, 0.2) is 5.96 Å². The van der Waals surface area contributed by atoms with Crippen LogP contribution in [-0.4, -0.2) is 18.1 Å². The van der Waals surface area contributed by atoms with Gasteiger partial charge in [-0.25, -0.2) is 9.79 Å². The van der Waals surface area contributed by atoms with Crippen LogP contribution in [0.1, 0.15) is 15.9 Å². The first-order chi connectivity index (χ1) is 10.6. The van der Waals surface area contributed by atoms with Crippen LogP contribution in [0.2, 0.25) is 0 Å². The minimum Gasteiger partial charge on any atom is -0.423 e. The summed E-state index contributed by atoms with van der Waals surface area (Å²) in [5.74, 6) is 0.0240. The van der Waals surface area contributed by atoms with Crippen molar-refractivity contribution < 1.29 is 9.53 Å². The van der Waals surface area contributed by atoms with Crippen molar-refractivity contribution in [1.82, 2.24) is 0 Å². The Morgan fingerprint density at radius 3 is 2.23 bits per heavy atom. The first-order valence-corrected chi connectivity index (χ1v) is 7.61. The van der Waals surface area contributed by atoms with E-state index in [1.54, 1.807) is 36.4 Å². The summed E-state index contributed by atoms with van der Waals surface area (Å²) >= 11 is 0. The number of hydrogen-bond donors (Lipinski definition) is 2. The molecule has 4 N–H and O–H groups in total. The van der Waals surface area contributed by atoms with E-state index in [0.29, 0.717) is 17.0 Å². The van der Waals surface area contributed by atoms with Crippen LogP contribution in [0.5, 0.6) is 5.75 Å². The Morgan fingerprint density at radius 2 is 1.68 bits per heavy atom. The topological polar surface area (TPSA) is 90.7 Å². The van der Waals surface area contributed by atoms with Gasteiger partial charge in [-0.2, -0.15) is 0 Å². The van der Waals surface area contributed by atoms with E-state index in [9.17, 15) is 4.79 Å². The molecule has 6 heteroatoms. The zero-order valence-corrected chi connectivity index (χ0v) is 13.2. The third kappa shape index (κ3) is 4.57. The van der Waals surface area contributed by atoms with Crippen LogP contribution in [0, 0.1) is 0 Å². The van der Waals surface area contributed by atoms with Crippen LogP contribution in [0.25, 0.3) is 0 Å². The molecule has 0 spiro atoms. The molecule has 0 fully saturated rings. The second-order valence-electron chi connectivity index (χ2n) is 4.66. The van der Waals surface area contributed by atoms with Crippen molar-refractivity contribution in [2.24, 2.45) is 16.5 Å². The first-order valence-electron chi connectivity index (χ1n) is 6.79. The monoisotopic (exact) mass is 315 g/mol. The van der Waals surface area contributed by atoms with Crippen LogP contribution in [0.15, 0.2) is 53.5 Å². The molecular formula is C16H18N3O2P. The van der Waals surface area contributed by atoms with E-state index in [4.69, 9.17) is 16.2 Å². The number of esters is 1. The molecule has 0 aliphatic rings. The highest BCUT2D eigenvalue weighted by molar-refractivity contribution is 7.16. The number of nitrogens with two attached hydrogens (primary N) is 2. The molecule has 0 aliphatic heterocycles. The molecule has 0 saturated heterocycles. The van der Waals surface area contributed by atoms with Gasteiger partial charge in [0.2, 0.25) is 0 Å². The number of aliphatic imine (C=N–C) groups is 1. The summed E-state index contributed by atoms with van der Waals surface area (Å²) in [5.41, 5.74) is 12.9. The summed E-state index contributed by atoms with van der Waals surface area (Å²) in [6, 6.07) is 14.0. The lowest BCUT2D eigenvalue weighted by molar-refractivity contribution is 0.0735. The largest absolute Gasteiger partial charge is 0.423 e. The van der Waals surface area contributed by atoms with Gasteiger partial charge in [0.25, 0.3) is 0 Å². The molecule has 0 saturated carbocycles. The van der Waals surface area contributed by atoms with Crippen molar-refractivity contribution in [1.29, 1.82) is 0 Å². The molecule has 2 aromatic carbocycles. The van der Waals surface area contributed by atoms with Crippen molar-refractivity contribution in [2.75, 3.05) is 6.16 Å². The highest BCUT2D eigenvalue weighted by atomic mass is 31.0. The third-order valence-electron chi connectivity index (χ3n) is 2.93. The molecule has 114 valence electrons. The summed E-state index contributed by atoms with van der Waals surface area (Å²) in [6.45, 7) is 0. The van der Waals surface area contributed by atoms with Crippen molar-refractivity contribution in [3.05, 3.63) is 59.7 Å². The molecular weight excluding hydrogens is 297 g/mol. The van der Waals surface area contributed by atoms with Crippen LogP contribution < -0.4 is 16.2 Å². The minimum atomic E-state index is -0.396. The Morgan fingerprint density at radius 1 is 1.05 bits per heavy atom. The van der Waals surface area contributed by atoms with Crippen LogP contribution in [0.4, 0.5) is 5.69 Å². The Labute approximate surface area is 131 Å². The maximum atomic E-state index is 12.1. The van der Waals surface area contributed by atoms with Crippen LogP contribution >= 0.6 is 9.24 Å². The van der Waals surface area contributed by atoms with Gasteiger partial charge in [0.05, 0.1) is 11.3 Å². The van der Waals surface area contributed by atoms with E-state index in [2.05, 4.69) is 14.2 Å². The second-order valence-corrected chi connectivity index (χ2v) is 5.23. The molecule has 2 rings (SSSR count). The summed E-state index contributed by atoms with van der Waals surface area (Å²) in [7, 11) is 2.68. The maximum Gasteiger partial charge on any atom is 0.343 e. The molecule has 0 aliphatic carbocycles. The number of hydrogen-bond acceptors (Lipinski definition) is 3. The standard InChI is InChI=1S/C16H18N3O2P/c17-16(18)19-13-5-7-14(8-6-13)21-15(20)12-3-1-11(2-4-12)9-10-22/h1-8H,9-10,22H2,(H4,17,18,19). The number of carbonyl (C=O) groups excluding carboxylic acids is 1. The zero-order valence-electron chi connectivity index (χ0n) is 12.0.